The average molecular weight is 264 g/mol. The molecule has 7 nitrogen and oxygen atoms in total. The first-order chi connectivity index (χ1) is 9.10. The third-order valence-electron chi connectivity index (χ3n) is 2.56. The lowest BCUT2D eigenvalue weighted by Crippen LogP contribution is -2.38. The second-order valence-corrected chi connectivity index (χ2v) is 3.85. The van der Waals surface area contributed by atoms with Crippen LogP contribution in [0.4, 0.5) is 10.5 Å². The molecule has 100 valence electrons. The van der Waals surface area contributed by atoms with E-state index in [0.29, 0.717) is 11.3 Å². The molecular formula is C12H12N2O5. The van der Waals surface area contributed by atoms with Gasteiger partial charge in [-0.25, -0.2) is 9.59 Å². The summed E-state index contributed by atoms with van der Waals surface area (Å²) in [5, 5.41) is 4.97. The number of carbonyl (C=O) groups excluding carboxylic acids is 3. The average Bonchev–Trinajstić information content (AvgIpc) is 2.85. The maximum absolute atomic E-state index is 11.7. The molecule has 0 bridgehead atoms. The lowest BCUT2D eigenvalue weighted by Gasteiger charge is -2.09. The van der Waals surface area contributed by atoms with Crippen molar-refractivity contribution in [3.05, 3.63) is 29.8 Å². The minimum absolute atomic E-state index is 0.00487. The highest BCUT2D eigenvalue weighted by molar-refractivity contribution is 5.98. The number of methoxy groups -OCH3 is 1. The van der Waals surface area contributed by atoms with E-state index in [-0.39, 0.29) is 12.5 Å². The second kappa shape index (κ2) is 5.38. The number of amides is 2. The third kappa shape index (κ3) is 3.01. The molecule has 1 unspecified atom stereocenters. The summed E-state index contributed by atoms with van der Waals surface area (Å²) in [5.41, 5.74) is 0.900. The molecule has 1 aromatic rings. The van der Waals surface area contributed by atoms with Crippen molar-refractivity contribution in [1.29, 1.82) is 0 Å². The molecule has 2 N–H and O–H groups in total. The fraction of sp³-hybridized carbons (Fsp3) is 0.250. The van der Waals surface area contributed by atoms with Gasteiger partial charge in [-0.2, -0.15) is 0 Å². The number of hydrogen-bond donors (Lipinski definition) is 2. The van der Waals surface area contributed by atoms with Crippen molar-refractivity contribution < 1.29 is 23.9 Å². The monoisotopic (exact) mass is 264 g/mol. The number of benzene rings is 1. The Kier molecular flexibility index (Phi) is 3.65. The molecule has 1 aliphatic heterocycles. The Balaban J connectivity index is 1.97. The molecule has 0 radical (unpaired) electrons. The van der Waals surface area contributed by atoms with Crippen LogP contribution >= 0.6 is 0 Å². The van der Waals surface area contributed by atoms with Crippen LogP contribution < -0.4 is 10.6 Å². The number of cyclic esters (lactones) is 1. The van der Waals surface area contributed by atoms with Gasteiger partial charge in [-0.15, -0.1) is 0 Å². The normalized spacial score (nSPS) is 17.3. The van der Waals surface area contributed by atoms with Crippen LogP contribution in [0.3, 0.4) is 0 Å². The van der Waals surface area contributed by atoms with Crippen molar-refractivity contribution in [3.63, 3.8) is 0 Å². The summed E-state index contributed by atoms with van der Waals surface area (Å²) < 4.78 is 9.18. The Morgan fingerprint density at radius 1 is 1.37 bits per heavy atom. The number of hydrogen-bond acceptors (Lipinski definition) is 5. The van der Waals surface area contributed by atoms with E-state index in [2.05, 4.69) is 20.1 Å². The van der Waals surface area contributed by atoms with Gasteiger partial charge >= 0.3 is 12.1 Å². The van der Waals surface area contributed by atoms with Crippen molar-refractivity contribution in [2.75, 3.05) is 19.0 Å². The summed E-state index contributed by atoms with van der Waals surface area (Å²) in [6.07, 6.45) is -0.610. The lowest BCUT2D eigenvalue weighted by molar-refractivity contribution is -0.117. The molecule has 1 aromatic carbocycles. The van der Waals surface area contributed by atoms with Crippen molar-refractivity contribution in [2.24, 2.45) is 0 Å². The highest BCUT2D eigenvalue weighted by atomic mass is 16.6. The van der Waals surface area contributed by atoms with Gasteiger partial charge in [-0.3, -0.25) is 4.79 Å². The quantitative estimate of drug-likeness (QED) is 0.776. The number of alkyl carbamates (subject to hydrolysis) is 1. The van der Waals surface area contributed by atoms with Crippen molar-refractivity contribution in [3.8, 4) is 0 Å². The maximum atomic E-state index is 11.7. The summed E-state index contributed by atoms with van der Waals surface area (Å²) in [4.78, 5) is 33.8. The molecule has 7 heteroatoms. The summed E-state index contributed by atoms with van der Waals surface area (Å²) in [5.74, 6) is -0.828. The number of rotatable bonds is 3. The first kappa shape index (κ1) is 12.9. The first-order valence-electron chi connectivity index (χ1n) is 5.52. The van der Waals surface area contributed by atoms with Crippen LogP contribution in [0.15, 0.2) is 24.3 Å². The third-order valence-corrected chi connectivity index (χ3v) is 2.56. The Hall–Kier alpha value is -2.57. The van der Waals surface area contributed by atoms with E-state index in [0.717, 1.165) is 0 Å². The Labute approximate surface area is 108 Å². The summed E-state index contributed by atoms with van der Waals surface area (Å²) in [6, 6.07) is 5.51. The van der Waals surface area contributed by atoms with E-state index in [1.807, 2.05) is 0 Å². The molecule has 1 saturated heterocycles. The topological polar surface area (TPSA) is 93.7 Å². The first-order valence-corrected chi connectivity index (χ1v) is 5.52. The maximum Gasteiger partial charge on any atom is 0.407 e. The Morgan fingerprint density at radius 3 is 2.58 bits per heavy atom. The second-order valence-electron chi connectivity index (χ2n) is 3.85. The standard InChI is InChI=1S/C12H12N2O5/c1-18-11(16)7-2-4-8(5-3-7)13-10(15)9-6-19-12(17)14-9/h2-5,9H,6H2,1H3,(H,13,15)(H,14,17). The fourth-order valence-electron chi connectivity index (χ4n) is 1.56. The number of ether oxygens (including phenoxy) is 2. The SMILES string of the molecule is COC(=O)c1ccc(NC(=O)C2COC(=O)N2)cc1. The van der Waals surface area contributed by atoms with Gasteiger partial charge in [-0.1, -0.05) is 0 Å². The van der Waals surface area contributed by atoms with E-state index < -0.39 is 18.1 Å². The van der Waals surface area contributed by atoms with Crippen LogP contribution in [0.2, 0.25) is 0 Å². The van der Waals surface area contributed by atoms with Gasteiger partial charge in [0.15, 0.2) is 0 Å². The zero-order valence-corrected chi connectivity index (χ0v) is 10.1. The summed E-state index contributed by atoms with van der Waals surface area (Å²) in [6.45, 7) is 0.00487. The highest BCUT2D eigenvalue weighted by Gasteiger charge is 2.28. The minimum atomic E-state index is -0.701. The highest BCUT2D eigenvalue weighted by Crippen LogP contribution is 2.11. The molecular weight excluding hydrogens is 252 g/mol. The lowest BCUT2D eigenvalue weighted by atomic mass is 10.2. The van der Waals surface area contributed by atoms with E-state index >= 15 is 0 Å². The van der Waals surface area contributed by atoms with Crippen LogP contribution in [0.1, 0.15) is 10.4 Å². The molecule has 0 aromatic heterocycles. The Bertz CT molecular complexity index is 511. The van der Waals surface area contributed by atoms with Crippen LogP contribution in [0, 0.1) is 0 Å². The number of anilines is 1. The van der Waals surface area contributed by atoms with Crippen molar-refractivity contribution in [2.45, 2.75) is 6.04 Å². The zero-order chi connectivity index (χ0) is 13.8. The van der Waals surface area contributed by atoms with Gasteiger partial charge in [0.05, 0.1) is 12.7 Å². The smallest absolute Gasteiger partial charge is 0.407 e. The molecule has 2 amide bonds. The van der Waals surface area contributed by atoms with Crippen LogP contribution in [-0.2, 0) is 14.3 Å². The predicted octanol–water partition coefficient (Wildman–Crippen LogP) is 0.520. The van der Waals surface area contributed by atoms with Crippen LogP contribution in [-0.4, -0.2) is 37.7 Å². The fourth-order valence-corrected chi connectivity index (χ4v) is 1.56. The van der Waals surface area contributed by atoms with Crippen LogP contribution in [0.25, 0.3) is 0 Å². The van der Waals surface area contributed by atoms with Gasteiger partial charge in [-0.05, 0) is 24.3 Å². The Morgan fingerprint density at radius 2 is 2.05 bits per heavy atom. The predicted molar refractivity (Wildman–Crippen MR) is 64.7 cm³/mol. The minimum Gasteiger partial charge on any atom is -0.465 e. The van der Waals surface area contributed by atoms with E-state index in [1.54, 1.807) is 12.1 Å². The number of nitrogens with one attached hydrogen (secondary N) is 2. The molecule has 1 heterocycles. The zero-order valence-electron chi connectivity index (χ0n) is 10.1. The summed E-state index contributed by atoms with van der Waals surface area (Å²) in [7, 11) is 1.29. The van der Waals surface area contributed by atoms with Gasteiger partial charge in [0.1, 0.15) is 12.6 Å². The molecule has 0 spiro atoms. The van der Waals surface area contributed by atoms with Gasteiger partial charge in [0, 0.05) is 5.69 Å². The molecule has 2 rings (SSSR count). The van der Waals surface area contributed by atoms with Gasteiger partial charge < -0.3 is 20.1 Å². The van der Waals surface area contributed by atoms with Crippen molar-refractivity contribution in [1.82, 2.24) is 5.32 Å². The van der Waals surface area contributed by atoms with E-state index in [4.69, 9.17) is 0 Å². The largest absolute Gasteiger partial charge is 0.465 e. The molecule has 19 heavy (non-hydrogen) atoms. The van der Waals surface area contributed by atoms with Crippen LogP contribution in [0.5, 0.6) is 0 Å². The molecule has 1 aliphatic rings. The van der Waals surface area contributed by atoms with Gasteiger partial charge in [0.2, 0.25) is 0 Å². The molecule has 1 fully saturated rings. The van der Waals surface area contributed by atoms with E-state index in [1.165, 1.54) is 19.2 Å². The number of esters is 1. The molecule has 1 atom stereocenters. The number of carbonyl (C=O) groups is 3. The molecule has 0 saturated carbocycles. The molecule has 0 aliphatic carbocycles. The van der Waals surface area contributed by atoms with Crippen molar-refractivity contribution >= 4 is 23.7 Å². The van der Waals surface area contributed by atoms with Gasteiger partial charge in [0.25, 0.3) is 5.91 Å². The van der Waals surface area contributed by atoms with E-state index in [9.17, 15) is 14.4 Å². The summed E-state index contributed by atoms with van der Waals surface area (Å²) >= 11 is 0.